The average molecular weight is 478 g/mol. The predicted octanol–water partition coefficient (Wildman–Crippen LogP) is 3.54. The summed E-state index contributed by atoms with van der Waals surface area (Å²) in [6.07, 6.45) is 1.71. The lowest BCUT2D eigenvalue weighted by molar-refractivity contribution is -0.670. The minimum Gasteiger partial charge on any atom is -0.497 e. The summed E-state index contributed by atoms with van der Waals surface area (Å²) < 4.78 is 22.3. The summed E-state index contributed by atoms with van der Waals surface area (Å²) in [4.78, 5) is 13.3. The second-order valence-corrected chi connectivity index (χ2v) is 8.48. The Kier molecular flexibility index (Phi) is 7.46. The SMILES string of the molecule is C[NH2+][C@H]1CCc2cc(OC)c(OC)c(OC)c2-c2ccc(NCc3ccc(OC)cc3)c(=O)cc21. The van der Waals surface area contributed by atoms with E-state index in [4.69, 9.17) is 18.9 Å². The molecular formula is C28H33N2O5+. The first-order valence-electron chi connectivity index (χ1n) is 11.7. The first kappa shape index (κ1) is 24.4. The number of nitrogens with two attached hydrogens (primary N) is 1. The van der Waals surface area contributed by atoms with Gasteiger partial charge in [0.25, 0.3) is 0 Å². The van der Waals surface area contributed by atoms with Crippen molar-refractivity contribution in [2.45, 2.75) is 25.4 Å². The van der Waals surface area contributed by atoms with Crippen LogP contribution in [0.5, 0.6) is 23.0 Å². The van der Waals surface area contributed by atoms with Gasteiger partial charge in [-0.2, -0.15) is 0 Å². The lowest BCUT2D eigenvalue weighted by Crippen LogP contribution is -2.81. The van der Waals surface area contributed by atoms with E-state index in [1.54, 1.807) is 34.5 Å². The largest absolute Gasteiger partial charge is 0.497 e. The zero-order valence-electron chi connectivity index (χ0n) is 20.9. The van der Waals surface area contributed by atoms with E-state index in [1.165, 1.54) is 0 Å². The molecule has 7 heteroatoms. The maximum absolute atomic E-state index is 13.3. The molecule has 0 radical (unpaired) electrons. The molecule has 0 spiro atoms. The Morgan fingerprint density at radius 1 is 0.914 bits per heavy atom. The van der Waals surface area contributed by atoms with Crippen LogP contribution < -0.4 is 35.0 Å². The van der Waals surface area contributed by atoms with Gasteiger partial charge in [0.15, 0.2) is 11.5 Å². The van der Waals surface area contributed by atoms with Crippen LogP contribution in [-0.2, 0) is 13.0 Å². The fourth-order valence-corrected chi connectivity index (χ4v) is 4.77. The highest BCUT2D eigenvalue weighted by Crippen LogP contribution is 2.49. The van der Waals surface area contributed by atoms with E-state index in [-0.39, 0.29) is 11.5 Å². The van der Waals surface area contributed by atoms with Gasteiger partial charge in [-0.3, -0.25) is 4.79 Å². The fraction of sp³-hybridized carbons (Fsp3) is 0.321. The molecule has 35 heavy (non-hydrogen) atoms. The Morgan fingerprint density at radius 2 is 1.66 bits per heavy atom. The molecule has 1 aliphatic carbocycles. The first-order valence-corrected chi connectivity index (χ1v) is 11.7. The zero-order valence-corrected chi connectivity index (χ0v) is 20.9. The van der Waals surface area contributed by atoms with E-state index < -0.39 is 0 Å². The van der Waals surface area contributed by atoms with Crippen molar-refractivity contribution in [3.63, 3.8) is 0 Å². The van der Waals surface area contributed by atoms with Crippen molar-refractivity contribution in [1.82, 2.24) is 0 Å². The van der Waals surface area contributed by atoms with Crippen molar-refractivity contribution in [2.75, 3.05) is 40.8 Å². The van der Waals surface area contributed by atoms with E-state index >= 15 is 0 Å². The Labute approximate surface area is 206 Å². The maximum atomic E-state index is 13.3. The van der Waals surface area contributed by atoms with Crippen LogP contribution in [0.1, 0.15) is 29.2 Å². The normalized spacial score (nSPS) is 14.3. The molecule has 7 nitrogen and oxygen atoms in total. The van der Waals surface area contributed by atoms with Crippen LogP contribution >= 0.6 is 0 Å². The Bertz CT molecular complexity index is 1260. The third-order valence-electron chi connectivity index (χ3n) is 6.63. The summed E-state index contributed by atoms with van der Waals surface area (Å²) in [5.74, 6) is 2.60. The van der Waals surface area contributed by atoms with E-state index in [2.05, 4.69) is 10.6 Å². The number of quaternary nitrogens is 1. The molecule has 1 aliphatic rings. The van der Waals surface area contributed by atoms with E-state index in [0.29, 0.717) is 29.5 Å². The van der Waals surface area contributed by atoms with Crippen molar-refractivity contribution >= 4 is 5.69 Å². The van der Waals surface area contributed by atoms with Crippen molar-refractivity contribution in [3.8, 4) is 34.1 Å². The molecule has 0 fully saturated rings. The average Bonchev–Trinajstić information content (AvgIpc) is 3.14. The lowest BCUT2D eigenvalue weighted by atomic mass is 9.95. The third-order valence-corrected chi connectivity index (χ3v) is 6.63. The quantitative estimate of drug-likeness (QED) is 0.517. The minimum atomic E-state index is -0.0468. The Morgan fingerprint density at radius 3 is 2.29 bits per heavy atom. The molecule has 4 rings (SSSR count). The van der Waals surface area contributed by atoms with Crippen LogP contribution in [0.4, 0.5) is 5.69 Å². The highest BCUT2D eigenvalue weighted by molar-refractivity contribution is 5.82. The highest BCUT2D eigenvalue weighted by Gasteiger charge is 2.29. The van der Waals surface area contributed by atoms with Crippen LogP contribution in [0.25, 0.3) is 11.1 Å². The van der Waals surface area contributed by atoms with Crippen molar-refractivity contribution in [2.24, 2.45) is 0 Å². The third kappa shape index (κ3) is 4.77. The number of rotatable bonds is 8. The van der Waals surface area contributed by atoms with Gasteiger partial charge in [0, 0.05) is 24.1 Å². The minimum absolute atomic E-state index is 0.0468. The zero-order chi connectivity index (χ0) is 24.9. The van der Waals surface area contributed by atoms with Gasteiger partial charge in [0.1, 0.15) is 11.8 Å². The lowest BCUT2D eigenvalue weighted by Gasteiger charge is -2.19. The van der Waals surface area contributed by atoms with Crippen LogP contribution in [-0.4, -0.2) is 35.5 Å². The molecule has 3 N–H and O–H groups in total. The van der Waals surface area contributed by atoms with E-state index in [1.807, 2.05) is 49.5 Å². The molecule has 0 unspecified atom stereocenters. The van der Waals surface area contributed by atoms with Crippen molar-refractivity contribution < 1.29 is 24.3 Å². The number of ether oxygens (including phenoxy) is 4. The van der Waals surface area contributed by atoms with E-state index in [9.17, 15) is 4.79 Å². The van der Waals surface area contributed by atoms with Crippen molar-refractivity contribution in [3.05, 3.63) is 75.4 Å². The van der Waals surface area contributed by atoms with Gasteiger partial charge in [0.05, 0.1) is 41.2 Å². The van der Waals surface area contributed by atoms with Gasteiger partial charge in [-0.05, 0) is 53.4 Å². The summed E-state index contributed by atoms with van der Waals surface area (Å²) >= 11 is 0. The molecule has 0 amide bonds. The molecule has 0 bridgehead atoms. The fourth-order valence-electron chi connectivity index (χ4n) is 4.77. The van der Waals surface area contributed by atoms with Gasteiger partial charge in [-0.15, -0.1) is 0 Å². The number of hydrogen-bond donors (Lipinski definition) is 2. The Balaban J connectivity index is 1.83. The summed E-state index contributed by atoms with van der Waals surface area (Å²) in [7, 11) is 8.56. The smallest absolute Gasteiger partial charge is 0.203 e. The topological polar surface area (TPSA) is 82.6 Å². The van der Waals surface area contributed by atoms with Gasteiger partial charge < -0.3 is 29.6 Å². The van der Waals surface area contributed by atoms with Crippen LogP contribution in [0.2, 0.25) is 0 Å². The number of aryl methyl sites for hydroxylation is 1. The molecule has 0 saturated heterocycles. The molecule has 1 atom stereocenters. The summed E-state index contributed by atoms with van der Waals surface area (Å²) in [5, 5.41) is 5.47. The molecule has 0 aromatic heterocycles. The van der Waals surface area contributed by atoms with Crippen molar-refractivity contribution in [1.29, 1.82) is 0 Å². The second kappa shape index (κ2) is 10.7. The molecule has 3 aromatic rings. The first-order chi connectivity index (χ1) is 17.0. The van der Waals surface area contributed by atoms with Gasteiger partial charge in [0.2, 0.25) is 11.2 Å². The number of benzene rings is 2. The standard InChI is InChI=1S/C28H32N2O5/c1-29-22-12-8-18-14-25(33-3)27(34-4)28(35-5)26(18)20-11-13-23(24(31)15-21(20)22)30-16-17-6-9-19(32-2)10-7-17/h6-7,9-11,13-15,22,29H,8,12,16H2,1-5H3,(H,30,31)/p+1/t22-/m0/s1. The van der Waals surface area contributed by atoms with Gasteiger partial charge in [-0.1, -0.05) is 18.2 Å². The molecule has 0 heterocycles. The van der Waals surface area contributed by atoms with Gasteiger partial charge >= 0.3 is 0 Å². The summed E-state index contributed by atoms with van der Waals surface area (Å²) in [5.41, 5.74) is 5.56. The number of methoxy groups -OCH3 is 4. The number of anilines is 1. The maximum Gasteiger partial charge on any atom is 0.203 e. The Hall–Kier alpha value is -3.71. The van der Waals surface area contributed by atoms with E-state index in [0.717, 1.165) is 46.4 Å². The summed E-state index contributed by atoms with van der Waals surface area (Å²) in [6.45, 7) is 0.530. The molecule has 0 saturated carbocycles. The molecule has 3 aromatic carbocycles. The predicted molar refractivity (Wildman–Crippen MR) is 137 cm³/mol. The summed E-state index contributed by atoms with van der Waals surface area (Å²) in [6, 6.07) is 15.6. The van der Waals surface area contributed by atoms with Crippen LogP contribution in [0.3, 0.4) is 0 Å². The highest BCUT2D eigenvalue weighted by atomic mass is 16.5. The molecule has 184 valence electrons. The molecular weight excluding hydrogens is 444 g/mol. The van der Waals surface area contributed by atoms with Crippen LogP contribution in [0, 0.1) is 0 Å². The number of nitrogens with one attached hydrogen (secondary N) is 1. The van der Waals surface area contributed by atoms with Crippen LogP contribution in [0.15, 0.2) is 53.3 Å². The second-order valence-electron chi connectivity index (χ2n) is 8.48. The molecule has 0 aliphatic heterocycles. The number of fused-ring (bicyclic) bond motifs is 3. The monoisotopic (exact) mass is 477 g/mol. The number of hydrogen-bond acceptors (Lipinski definition) is 6. The van der Waals surface area contributed by atoms with Gasteiger partial charge in [-0.25, -0.2) is 0 Å².